The van der Waals surface area contributed by atoms with Gasteiger partial charge in [-0.05, 0) is 42.6 Å². The molecule has 2 heterocycles. The zero-order valence-electron chi connectivity index (χ0n) is 10.5. The number of nitrogens with zero attached hydrogens (tertiary/aromatic N) is 1. The molecule has 2 aromatic rings. The van der Waals surface area contributed by atoms with Crippen molar-refractivity contribution in [1.29, 1.82) is 0 Å². The zero-order valence-corrected chi connectivity index (χ0v) is 10.5. The van der Waals surface area contributed by atoms with Gasteiger partial charge in [0.25, 0.3) is 0 Å². The molecule has 0 amide bonds. The summed E-state index contributed by atoms with van der Waals surface area (Å²) in [5.74, 6) is 0.983. The molecule has 3 rings (SSSR count). The first-order valence-electron chi connectivity index (χ1n) is 6.27. The Kier molecular flexibility index (Phi) is 3.02. The van der Waals surface area contributed by atoms with Gasteiger partial charge in [-0.2, -0.15) is 5.10 Å². The number of rotatable bonds is 3. The van der Waals surface area contributed by atoms with E-state index in [4.69, 9.17) is 4.74 Å². The third-order valence-corrected chi connectivity index (χ3v) is 3.46. The average molecular weight is 243 g/mol. The molecule has 0 unspecified atom stereocenters. The van der Waals surface area contributed by atoms with Crippen LogP contribution in [0.1, 0.15) is 22.3 Å². The van der Waals surface area contributed by atoms with Crippen LogP contribution < -0.4 is 10.1 Å². The van der Waals surface area contributed by atoms with Crippen molar-refractivity contribution in [3.8, 4) is 5.75 Å². The van der Waals surface area contributed by atoms with Gasteiger partial charge in [0, 0.05) is 18.3 Å². The maximum atomic E-state index is 5.87. The molecule has 4 heteroatoms. The van der Waals surface area contributed by atoms with Gasteiger partial charge in [0.05, 0.1) is 6.20 Å². The number of benzene rings is 1. The van der Waals surface area contributed by atoms with Crippen molar-refractivity contribution in [2.75, 3.05) is 6.54 Å². The molecule has 4 nitrogen and oxygen atoms in total. The molecule has 2 N–H and O–H groups in total. The van der Waals surface area contributed by atoms with Gasteiger partial charge in [0.1, 0.15) is 12.4 Å². The molecule has 1 aromatic heterocycles. The Labute approximate surface area is 106 Å². The molecule has 0 bridgehead atoms. The fourth-order valence-electron chi connectivity index (χ4n) is 2.42. The molecule has 0 aliphatic carbocycles. The van der Waals surface area contributed by atoms with Gasteiger partial charge in [-0.25, -0.2) is 0 Å². The molecular formula is C14H17N3O. The van der Waals surface area contributed by atoms with Crippen molar-refractivity contribution < 1.29 is 4.74 Å². The highest BCUT2D eigenvalue weighted by molar-refractivity contribution is 5.45. The van der Waals surface area contributed by atoms with Crippen LogP contribution in [-0.4, -0.2) is 16.7 Å². The summed E-state index contributed by atoms with van der Waals surface area (Å²) in [5.41, 5.74) is 5.18. The van der Waals surface area contributed by atoms with Crippen molar-refractivity contribution in [1.82, 2.24) is 15.5 Å². The number of ether oxygens (including phenoxy) is 1. The number of aromatic amines is 1. The summed E-state index contributed by atoms with van der Waals surface area (Å²) in [6, 6.07) is 4.24. The average Bonchev–Trinajstić information content (AvgIpc) is 2.91. The summed E-state index contributed by atoms with van der Waals surface area (Å²) in [6.07, 6.45) is 4.74. The summed E-state index contributed by atoms with van der Waals surface area (Å²) in [6.45, 7) is 4.74. The van der Waals surface area contributed by atoms with Gasteiger partial charge < -0.3 is 10.1 Å². The fraction of sp³-hybridized carbons (Fsp3) is 0.357. The molecule has 0 atom stereocenters. The lowest BCUT2D eigenvalue weighted by Crippen LogP contribution is -2.24. The molecule has 0 saturated carbocycles. The monoisotopic (exact) mass is 243 g/mol. The van der Waals surface area contributed by atoms with E-state index in [2.05, 4.69) is 34.6 Å². The smallest absolute Gasteiger partial charge is 0.123 e. The van der Waals surface area contributed by atoms with E-state index in [1.54, 1.807) is 6.20 Å². The third-order valence-electron chi connectivity index (χ3n) is 3.46. The van der Waals surface area contributed by atoms with Crippen LogP contribution in [0.2, 0.25) is 0 Å². The predicted molar refractivity (Wildman–Crippen MR) is 69.5 cm³/mol. The number of nitrogens with one attached hydrogen (secondary N) is 2. The van der Waals surface area contributed by atoms with Gasteiger partial charge in [-0.1, -0.05) is 6.07 Å². The second kappa shape index (κ2) is 4.82. The van der Waals surface area contributed by atoms with Crippen LogP contribution in [0.15, 0.2) is 24.5 Å². The lowest BCUT2D eigenvalue weighted by atomic mass is 9.95. The highest BCUT2D eigenvalue weighted by atomic mass is 16.5. The number of hydrogen-bond donors (Lipinski definition) is 2. The first-order valence-corrected chi connectivity index (χ1v) is 6.27. The summed E-state index contributed by atoms with van der Waals surface area (Å²) in [4.78, 5) is 0. The molecular weight excluding hydrogens is 226 g/mol. The minimum absolute atomic E-state index is 0.564. The molecule has 1 aromatic carbocycles. The van der Waals surface area contributed by atoms with Crippen LogP contribution in [0, 0.1) is 6.92 Å². The van der Waals surface area contributed by atoms with Crippen molar-refractivity contribution in [3.63, 3.8) is 0 Å². The Morgan fingerprint density at radius 1 is 1.39 bits per heavy atom. The molecule has 1 aliphatic rings. The summed E-state index contributed by atoms with van der Waals surface area (Å²) < 4.78 is 5.87. The Morgan fingerprint density at radius 3 is 3.17 bits per heavy atom. The standard InChI is InChI=1S/C14H17N3O/c1-10-13-4-5-15-8-12(13)2-3-14(10)18-9-11-6-16-17-7-11/h2-3,6-7,15H,4-5,8-9H2,1H3,(H,16,17). The summed E-state index contributed by atoms with van der Waals surface area (Å²) >= 11 is 0. The molecule has 18 heavy (non-hydrogen) atoms. The van der Waals surface area contributed by atoms with Gasteiger partial charge in [0.2, 0.25) is 0 Å². The van der Waals surface area contributed by atoms with Crippen molar-refractivity contribution in [2.45, 2.75) is 26.5 Å². The van der Waals surface area contributed by atoms with Gasteiger partial charge in [0.15, 0.2) is 0 Å². The minimum Gasteiger partial charge on any atom is -0.489 e. The normalized spacial score (nSPS) is 14.3. The van der Waals surface area contributed by atoms with Crippen molar-refractivity contribution in [2.24, 2.45) is 0 Å². The Hall–Kier alpha value is -1.81. The van der Waals surface area contributed by atoms with E-state index in [1.807, 2.05) is 6.20 Å². The fourth-order valence-corrected chi connectivity index (χ4v) is 2.42. The summed E-state index contributed by atoms with van der Waals surface area (Å²) in [5, 5.41) is 10.1. The molecule has 0 fully saturated rings. The summed E-state index contributed by atoms with van der Waals surface area (Å²) in [7, 11) is 0. The second-order valence-electron chi connectivity index (χ2n) is 4.65. The largest absolute Gasteiger partial charge is 0.489 e. The predicted octanol–water partition coefficient (Wildman–Crippen LogP) is 1.94. The van der Waals surface area contributed by atoms with Gasteiger partial charge >= 0.3 is 0 Å². The lowest BCUT2D eigenvalue weighted by Gasteiger charge is -2.21. The van der Waals surface area contributed by atoms with Crippen LogP contribution >= 0.6 is 0 Å². The minimum atomic E-state index is 0.564. The van der Waals surface area contributed by atoms with Crippen LogP contribution in [0.25, 0.3) is 0 Å². The first kappa shape index (κ1) is 11.3. The molecule has 0 saturated heterocycles. The van der Waals surface area contributed by atoms with Crippen LogP contribution in [-0.2, 0) is 19.6 Å². The van der Waals surface area contributed by atoms with E-state index in [9.17, 15) is 0 Å². The Balaban J connectivity index is 1.80. The van der Waals surface area contributed by atoms with Gasteiger partial charge in [-0.3, -0.25) is 5.10 Å². The van der Waals surface area contributed by atoms with Crippen LogP contribution in [0.3, 0.4) is 0 Å². The van der Waals surface area contributed by atoms with Crippen molar-refractivity contribution >= 4 is 0 Å². The van der Waals surface area contributed by atoms with E-state index < -0.39 is 0 Å². The quantitative estimate of drug-likeness (QED) is 0.866. The van der Waals surface area contributed by atoms with Crippen LogP contribution in [0.4, 0.5) is 0 Å². The Morgan fingerprint density at radius 2 is 2.33 bits per heavy atom. The number of fused-ring (bicyclic) bond motifs is 1. The van der Waals surface area contributed by atoms with E-state index in [-0.39, 0.29) is 0 Å². The van der Waals surface area contributed by atoms with Crippen LogP contribution in [0.5, 0.6) is 5.75 Å². The van der Waals surface area contributed by atoms with E-state index in [0.717, 1.165) is 30.8 Å². The molecule has 94 valence electrons. The third kappa shape index (κ3) is 2.11. The maximum absolute atomic E-state index is 5.87. The van der Waals surface area contributed by atoms with Gasteiger partial charge in [-0.15, -0.1) is 0 Å². The Bertz CT molecular complexity index is 534. The molecule has 1 aliphatic heterocycles. The highest BCUT2D eigenvalue weighted by Gasteiger charge is 2.14. The molecule has 0 radical (unpaired) electrons. The highest BCUT2D eigenvalue weighted by Crippen LogP contribution is 2.27. The number of H-pyrrole nitrogens is 1. The number of hydrogen-bond acceptors (Lipinski definition) is 3. The van der Waals surface area contributed by atoms with Crippen molar-refractivity contribution in [3.05, 3.63) is 46.8 Å². The SMILES string of the molecule is Cc1c(OCc2cn[nH]c2)ccc2c1CCNC2. The number of aromatic nitrogens is 2. The van der Waals surface area contributed by atoms with E-state index in [1.165, 1.54) is 16.7 Å². The van der Waals surface area contributed by atoms with E-state index >= 15 is 0 Å². The topological polar surface area (TPSA) is 49.9 Å². The molecule has 0 spiro atoms. The zero-order chi connectivity index (χ0) is 12.4. The lowest BCUT2D eigenvalue weighted by molar-refractivity contribution is 0.303. The maximum Gasteiger partial charge on any atom is 0.123 e. The second-order valence-corrected chi connectivity index (χ2v) is 4.65. The van der Waals surface area contributed by atoms with E-state index in [0.29, 0.717) is 6.61 Å². The first-order chi connectivity index (χ1) is 8.84.